The Labute approximate surface area is 105 Å². The lowest BCUT2D eigenvalue weighted by molar-refractivity contribution is -0.120. The van der Waals surface area contributed by atoms with Gasteiger partial charge in [-0.25, -0.2) is 13.1 Å². The van der Waals surface area contributed by atoms with Crippen LogP contribution in [-0.4, -0.2) is 25.5 Å². The van der Waals surface area contributed by atoms with Crippen LogP contribution in [0.2, 0.25) is 0 Å². The van der Waals surface area contributed by atoms with E-state index in [9.17, 15) is 13.2 Å². The fourth-order valence-corrected chi connectivity index (χ4v) is 2.45. The van der Waals surface area contributed by atoms with Gasteiger partial charge in [0.05, 0.1) is 11.3 Å². The molecule has 0 rings (SSSR count). The van der Waals surface area contributed by atoms with Crippen molar-refractivity contribution in [3.05, 3.63) is 0 Å². The zero-order valence-corrected chi connectivity index (χ0v) is 12.7. The average Bonchev–Trinajstić information content (AvgIpc) is 2.11. The Bertz CT molecular complexity index is 375. The zero-order valence-electron chi connectivity index (χ0n) is 11.9. The average molecular weight is 263 g/mol. The molecule has 0 aromatic rings. The molecule has 0 amide bonds. The van der Waals surface area contributed by atoms with Gasteiger partial charge in [0.25, 0.3) is 0 Å². The Morgan fingerprint density at radius 2 is 1.53 bits per heavy atom. The van der Waals surface area contributed by atoms with Gasteiger partial charge in [-0.05, 0) is 19.3 Å². The van der Waals surface area contributed by atoms with Gasteiger partial charge < -0.3 is 0 Å². The van der Waals surface area contributed by atoms with Crippen molar-refractivity contribution >= 4 is 15.8 Å². The molecule has 0 saturated heterocycles. The Kier molecular flexibility index (Phi) is 4.94. The van der Waals surface area contributed by atoms with Gasteiger partial charge in [0.15, 0.2) is 0 Å². The van der Waals surface area contributed by atoms with Crippen LogP contribution in [0.4, 0.5) is 0 Å². The quantitative estimate of drug-likeness (QED) is 0.824. The lowest BCUT2D eigenvalue weighted by Crippen LogP contribution is -2.51. The highest BCUT2D eigenvalue weighted by Crippen LogP contribution is 2.35. The highest BCUT2D eigenvalue weighted by atomic mass is 32.2. The highest BCUT2D eigenvalue weighted by molar-refractivity contribution is 7.90. The summed E-state index contributed by atoms with van der Waals surface area (Å²) in [7, 11) is -3.52. The Hall–Kier alpha value is -0.420. The minimum atomic E-state index is -3.52. The second-order valence-corrected chi connectivity index (χ2v) is 8.52. The van der Waals surface area contributed by atoms with Crippen LogP contribution >= 0.6 is 0 Å². The third-order valence-corrected chi connectivity index (χ3v) is 6.04. The van der Waals surface area contributed by atoms with E-state index in [0.717, 1.165) is 0 Å². The molecular weight excluding hydrogens is 238 g/mol. The first-order valence-electron chi connectivity index (χ1n) is 5.85. The van der Waals surface area contributed by atoms with E-state index >= 15 is 0 Å². The number of nitrogens with one attached hydrogen (secondary N) is 1. The van der Waals surface area contributed by atoms with Crippen molar-refractivity contribution in [2.45, 2.75) is 53.2 Å². The molecule has 5 heteroatoms. The summed E-state index contributed by atoms with van der Waals surface area (Å²) in [5.41, 5.74) is -0.403. The van der Waals surface area contributed by atoms with Gasteiger partial charge in [0, 0.05) is 5.92 Å². The molecule has 0 bridgehead atoms. The maximum Gasteiger partial charge on any atom is 0.217 e. The predicted molar refractivity (Wildman–Crippen MR) is 70.3 cm³/mol. The third kappa shape index (κ3) is 3.78. The van der Waals surface area contributed by atoms with Crippen LogP contribution in [0.15, 0.2) is 0 Å². The zero-order chi connectivity index (χ0) is 14.1. The SMILES string of the molecule is CC(C)C(=O)CNS(=O)(=O)C(C)(C)C(C)(C)C. The minimum absolute atomic E-state index is 0.0988. The summed E-state index contributed by atoms with van der Waals surface area (Å²) in [6.07, 6.45) is 0. The van der Waals surface area contributed by atoms with E-state index < -0.39 is 20.2 Å². The lowest BCUT2D eigenvalue weighted by Gasteiger charge is -2.37. The molecular formula is C12H25NO3S. The Morgan fingerprint density at radius 1 is 1.12 bits per heavy atom. The van der Waals surface area contributed by atoms with Crippen molar-refractivity contribution in [2.75, 3.05) is 6.54 Å². The summed E-state index contributed by atoms with van der Waals surface area (Å²) in [5.74, 6) is -0.256. The van der Waals surface area contributed by atoms with Crippen molar-refractivity contribution in [1.82, 2.24) is 4.72 Å². The Morgan fingerprint density at radius 3 is 1.82 bits per heavy atom. The second-order valence-electron chi connectivity index (χ2n) is 6.21. The smallest absolute Gasteiger partial charge is 0.217 e. The summed E-state index contributed by atoms with van der Waals surface area (Å²) in [5, 5.41) is 0. The van der Waals surface area contributed by atoms with Crippen LogP contribution in [0.3, 0.4) is 0 Å². The molecule has 0 aliphatic carbocycles. The number of ketones is 1. The number of sulfonamides is 1. The van der Waals surface area contributed by atoms with E-state index in [1.165, 1.54) is 0 Å². The normalized spacial score (nSPS) is 14.1. The lowest BCUT2D eigenvalue weighted by atomic mass is 9.83. The molecule has 1 N–H and O–H groups in total. The maximum absolute atomic E-state index is 12.2. The maximum atomic E-state index is 12.2. The van der Waals surface area contributed by atoms with Crippen molar-refractivity contribution in [3.63, 3.8) is 0 Å². The molecule has 0 aromatic carbocycles. The van der Waals surface area contributed by atoms with E-state index in [4.69, 9.17) is 0 Å². The van der Waals surface area contributed by atoms with Gasteiger partial charge in [0.2, 0.25) is 10.0 Å². The van der Waals surface area contributed by atoms with Crippen molar-refractivity contribution in [1.29, 1.82) is 0 Å². The number of carbonyl (C=O) groups is 1. The molecule has 0 fully saturated rings. The summed E-state index contributed by atoms with van der Waals surface area (Å²) < 4.78 is 25.8. The summed E-state index contributed by atoms with van der Waals surface area (Å²) in [4.78, 5) is 11.4. The molecule has 102 valence electrons. The summed E-state index contributed by atoms with van der Waals surface area (Å²) >= 11 is 0. The van der Waals surface area contributed by atoms with Gasteiger partial charge in [-0.15, -0.1) is 0 Å². The minimum Gasteiger partial charge on any atom is -0.298 e. The van der Waals surface area contributed by atoms with Crippen molar-refractivity contribution in [2.24, 2.45) is 11.3 Å². The predicted octanol–water partition coefficient (Wildman–Crippen LogP) is 1.96. The number of Topliss-reactive ketones (excluding diaryl/α,β-unsaturated/α-hetero) is 1. The second kappa shape index (κ2) is 5.06. The van der Waals surface area contributed by atoms with Gasteiger partial charge >= 0.3 is 0 Å². The fourth-order valence-electron chi connectivity index (χ4n) is 0.954. The first kappa shape index (κ1) is 16.6. The summed E-state index contributed by atoms with van der Waals surface area (Å²) in [6.45, 7) is 12.4. The van der Waals surface area contributed by atoms with E-state index in [2.05, 4.69) is 4.72 Å². The van der Waals surface area contributed by atoms with Crippen LogP contribution in [-0.2, 0) is 14.8 Å². The van der Waals surface area contributed by atoms with E-state index in [0.29, 0.717) is 0 Å². The van der Waals surface area contributed by atoms with Crippen LogP contribution in [0.25, 0.3) is 0 Å². The fraction of sp³-hybridized carbons (Fsp3) is 0.917. The van der Waals surface area contributed by atoms with Crippen LogP contribution < -0.4 is 4.72 Å². The first-order chi connectivity index (χ1) is 7.33. The van der Waals surface area contributed by atoms with Crippen LogP contribution in [0, 0.1) is 11.3 Å². The van der Waals surface area contributed by atoms with Gasteiger partial charge in [-0.2, -0.15) is 0 Å². The van der Waals surface area contributed by atoms with Crippen molar-refractivity contribution < 1.29 is 13.2 Å². The molecule has 0 spiro atoms. The topological polar surface area (TPSA) is 63.2 Å². The largest absolute Gasteiger partial charge is 0.298 e. The van der Waals surface area contributed by atoms with Crippen LogP contribution in [0.1, 0.15) is 48.5 Å². The molecule has 4 nitrogen and oxygen atoms in total. The molecule has 17 heavy (non-hydrogen) atoms. The van der Waals surface area contributed by atoms with E-state index in [-0.39, 0.29) is 18.2 Å². The molecule has 0 heterocycles. The van der Waals surface area contributed by atoms with Crippen LogP contribution in [0.5, 0.6) is 0 Å². The standard InChI is InChI=1S/C12H25NO3S/c1-9(2)10(14)8-13-17(15,16)12(6,7)11(3,4)5/h9,13H,8H2,1-7H3. The molecule has 0 atom stereocenters. The van der Waals surface area contributed by atoms with Gasteiger partial charge in [0.1, 0.15) is 5.78 Å². The summed E-state index contributed by atoms with van der Waals surface area (Å²) in [6, 6.07) is 0. The third-order valence-electron chi connectivity index (χ3n) is 3.56. The molecule has 0 radical (unpaired) electrons. The van der Waals surface area contributed by atoms with E-state index in [1.807, 2.05) is 20.8 Å². The molecule has 0 unspecified atom stereocenters. The highest BCUT2D eigenvalue weighted by Gasteiger charge is 2.44. The monoisotopic (exact) mass is 263 g/mol. The van der Waals surface area contributed by atoms with E-state index in [1.54, 1.807) is 27.7 Å². The van der Waals surface area contributed by atoms with Crippen molar-refractivity contribution in [3.8, 4) is 0 Å². The number of hydrogen-bond donors (Lipinski definition) is 1. The molecule has 0 aliphatic rings. The van der Waals surface area contributed by atoms with Gasteiger partial charge in [-0.1, -0.05) is 34.6 Å². The Balaban J connectivity index is 4.89. The molecule has 0 aromatic heterocycles. The number of rotatable bonds is 5. The van der Waals surface area contributed by atoms with Gasteiger partial charge in [-0.3, -0.25) is 4.79 Å². The molecule has 0 saturated carbocycles. The number of hydrogen-bond acceptors (Lipinski definition) is 3. The first-order valence-corrected chi connectivity index (χ1v) is 7.33. The number of carbonyl (C=O) groups excluding carboxylic acids is 1. The molecule has 0 aliphatic heterocycles.